The summed E-state index contributed by atoms with van der Waals surface area (Å²) in [7, 11) is 0. The summed E-state index contributed by atoms with van der Waals surface area (Å²) >= 11 is 5.73. The molecule has 0 unspecified atom stereocenters. The van der Waals surface area contributed by atoms with Crippen LogP contribution >= 0.6 is 11.6 Å². The number of hydrogen-bond acceptors (Lipinski definition) is 3. The molecule has 6 heteroatoms. The Morgan fingerprint density at radius 3 is 2.63 bits per heavy atom. The summed E-state index contributed by atoms with van der Waals surface area (Å²) in [5, 5.41) is 12.0. The number of nitrogens with two attached hydrogens (primary N) is 1. The topological polar surface area (TPSA) is 75.4 Å². The lowest BCUT2D eigenvalue weighted by atomic mass is 10.1. The first-order chi connectivity index (χ1) is 8.95. The molecule has 0 fully saturated rings. The number of aromatic carboxylic acids is 1. The molecule has 0 heterocycles. The molecule has 0 atom stereocenters. The maximum atomic E-state index is 13.2. The third-order valence-corrected chi connectivity index (χ3v) is 2.66. The molecule has 0 aromatic heterocycles. The second-order valence-electron chi connectivity index (χ2n) is 3.89. The Balaban J connectivity index is 2.37. The first kappa shape index (κ1) is 13.2. The fourth-order valence-electron chi connectivity index (χ4n) is 1.58. The second-order valence-corrected chi connectivity index (χ2v) is 4.33. The van der Waals surface area contributed by atoms with Crippen LogP contribution in [0.25, 0.3) is 0 Å². The predicted molar refractivity (Wildman–Crippen MR) is 72.5 cm³/mol. The van der Waals surface area contributed by atoms with Crippen molar-refractivity contribution in [2.24, 2.45) is 0 Å². The molecule has 0 amide bonds. The number of rotatable bonds is 3. The maximum absolute atomic E-state index is 13.2. The number of carboxylic acid groups (broad SMARTS) is 1. The van der Waals surface area contributed by atoms with E-state index < -0.39 is 11.8 Å². The highest BCUT2D eigenvalue weighted by molar-refractivity contribution is 6.30. The van der Waals surface area contributed by atoms with Crippen LogP contribution in [0.1, 0.15) is 10.4 Å². The molecule has 0 aliphatic rings. The molecular weight excluding hydrogens is 271 g/mol. The predicted octanol–water partition coefficient (Wildman–Crippen LogP) is 3.50. The Kier molecular flexibility index (Phi) is 3.57. The van der Waals surface area contributed by atoms with E-state index in [2.05, 4.69) is 5.32 Å². The van der Waals surface area contributed by atoms with E-state index in [-0.39, 0.29) is 10.6 Å². The number of nitrogen functional groups attached to an aromatic ring is 1. The van der Waals surface area contributed by atoms with Crippen LogP contribution in [-0.4, -0.2) is 11.1 Å². The number of carboxylic acids is 1. The molecular formula is C13H10ClFN2O2. The molecule has 2 aromatic rings. The third-order valence-electron chi connectivity index (χ3n) is 2.44. The molecule has 98 valence electrons. The van der Waals surface area contributed by atoms with Crippen LogP contribution in [0.2, 0.25) is 5.02 Å². The van der Waals surface area contributed by atoms with Crippen molar-refractivity contribution in [3.63, 3.8) is 0 Å². The fourth-order valence-corrected chi connectivity index (χ4v) is 1.80. The molecule has 0 aliphatic heterocycles. The van der Waals surface area contributed by atoms with E-state index in [1.54, 1.807) is 0 Å². The molecule has 4 N–H and O–H groups in total. The van der Waals surface area contributed by atoms with Gasteiger partial charge in [0.05, 0.1) is 16.9 Å². The summed E-state index contributed by atoms with van der Waals surface area (Å²) in [4.78, 5) is 10.9. The summed E-state index contributed by atoms with van der Waals surface area (Å²) < 4.78 is 13.2. The van der Waals surface area contributed by atoms with E-state index in [0.717, 1.165) is 0 Å². The van der Waals surface area contributed by atoms with E-state index in [4.69, 9.17) is 22.4 Å². The smallest absolute Gasteiger partial charge is 0.335 e. The van der Waals surface area contributed by atoms with Crippen molar-refractivity contribution < 1.29 is 14.3 Å². The average Bonchev–Trinajstić information content (AvgIpc) is 2.30. The van der Waals surface area contributed by atoms with Crippen LogP contribution in [0, 0.1) is 5.82 Å². The van der Waals surface area contributed by atoms with Gasteiger partial charge in [0.15, 0.2) is 0 Å². The van der Waals surface area contributed by atoms with Crippen molar-refractivity contribution in [2.45, 2.75) is 0 Å². The third kappa shape index (κ3) is 3.14. The van der Waals surface area contributed by atoms with E-state index in [1.165, 1.54) is 36.4 Å². The van der Waals surface area contributed by atoms with Gasteiger partial charge in [0.25, 0.3) is 0 Å². The van der Waals surface area contributed by atoms with Crippen molar-refractivity contribution in [3.8, 4) is 0 Å². The monoisotopic (exact) mass is 280 g/mol. The van der Waals surface area contributed by atoms with Crippen LogP contribution in [0.3, 0.4) is 0 Å². The van der Waals surface area contributed by atoms with E-state index >= 15 is 0 Å². The Labute approximate surface area is 113 Å². The second kappa shape index (κ2) is 5.16. The normalized spacial score (nSPS) is 10.2. The van der Waals surface area contributed by atoms with Crippen molar-refractivity contribution in [3.05, 3.63) is 52.8 Å². The van der Waals surface area contributed by atoms with Crippen molar-refractivity contribution in [1.82, 2.24) is 0 Å². The molecule has 4 nitrogen and oxygen atoms in total. The highest BCUT2D eigenvalue weighted by atomic mass is 35.5. The highest BCUT2D eigenvalue weighted by Crippen LogP contribution is 2.26. The standard InChI is InChI=1S/C13H10ClFN2O2/c14-8-4-9(15)6-10(5-8)17-12-3-7(13(18)19)1-2-11(12)16/h1-6,17H,16H2,(H,18,19). The minimum Gasteiger partial charge on any atom is -0.478 e. The van der Waals surface area contributed by atoms with Gasteiger partial charge in [0.2, 0.25) is 0 Å². The van der Waals surface area contributed by atoms with Crippen molar-refractivity contribution >= 4 is 34.6 Å². The van der Waals surface area contributed by atoms with Gasteiger partial charge in [-0.25, -0.2) is 9.18 Å². The number of carbonyl (C=O) groups is 1. The van der Waals surface area contributed by atoms with Gasteiger partial charge >= 0.3 is 5.97 Å². The van der Waals surface area contributed by atoms with Gasteiger partial charge in [-0.1, -0.05) is 11.6 Å². The number of hydrogen-bond donors (Lipinski definition) is 3. The van der Waals surface area contributed by atoms with Gasteiger partial charge in [-0.2, -0.15) is 0 Å². The van der Waals surface area contributed by atoms with Crippen LogP contribution in [0.15, 0.2) is 36.4 Å². The van der Waals surface area contributed by atoms with E-state index in [0.29, 0.717) is 17.1 Å². The number of benzene rings is 2. The SMILES string of the molecule is Nc1ccc(C(=O)O)cc1Nc1cc(F)cc(Cl)c1. The number of halogens is 2. The summed E-state index contributed by atoms with van der Waals surface area (Å²) in [6, 6.07) is 8.14. The van der Waals surface area contributed by atoms with Gasteiger partial charge in [-0.15, -0.1) is 0 Å². The van der Waals surface area contributed by atoms with Crippen LogP contribution < -0.4 is 11.1 Å². The zero-order valence-electron chi connectivity index (χ0n) is 9.65. The average molecular weight is 281 g/mol. The molecule has 0 aliphatic carbocycles. The molecule has 0 saturated carbocycles. The molecule has 2 aromatic carbocycles. The summed E-state index contributed by atoms with van der Waals surface area (Å²) in [5.74, 6) is -1.57. The Bertz CT molecular complexity index is 626. The molecule has 0 spiro atoms. The van der Waals surface area contributed by atoms with Crippen molar-refractivity contribution in [2.75, 3.05) is 11.1 Å². The summed E-state index contributed by atoms with van der Waals surface area (Å²) in [5.41, 5.74) is 6.93. The molecule has 0 radical (unpaired) electrons. The lowest BCUT2D eigenvalue weighted by Crippen LogP contribution is -2.01. The summed E-state index contributed by atoms with van der Waals surface area (Å²) in [6.07, 6.45) is 0. The van der Waals surface area contributed by atoms with Crippen LogP contribution in [-0.2, 0) is 0 Å². The van der Waals surface area contributed by atoms with E-state index in [9.17, 15) is 9.18 Å². The lowest BCUT2D eigenvalue weighted by Gasteiger charge is -2.10. The molecule has 19 heavy (non-hydrogen) atoms. The number of nitrogens with one attached hydrogen (secondary N) is 1. The molecule has 2 rings (SSSR count). The highest BCUT2D eigenvalue weighted by Gasteiger charge is 2.08. The lowest BCUT2D eigenvalue weighted by molar-refractivity contribution is 0.0697. The fraction of sp³-hybridized carbons (Fsp3) is 0. The molecule has 0 bridgehead atoms. The number of anilines is 3. The van der Waals surface area contributed by atoms with Gasteiger partial charge in [-0.05, 0) is 36.4 Å². The van der Waals surface area contributed by atoms with Gasteiger partial charge in [-0.3, -0.25) is 0 Å². The minimum atomic E-state index is -1.07. The largest absolute Gasteiger partial charge is 0.478 e. The van der Waals surface area contributed by atoms with Crippen LogP contribution in [0.5, 0.6) is 0 Å². The minimum absolute atomic E-state index is 0.0826. The van der Waals surface area contributed by atoms with Crippen LogP contribution in [0.4, 0.5) is 21.5 Å². The van der Waals surface area contributed by atoms with Gasteiger partial charge < -0.3 is 16.2 Å². The zero-order valence-corrected chi connectivity index (χ0v) is 10.4. The first-order valence-electron chi connectivity index (χ1n) is 5.31. The van der Waals surface area contributed by atoms with Crippen molar-refractivity contribution in [1.29, 1.82) is 0 Å². The Morgan fingerprint density at radius 1 is 1.26 bits per heavy atom. The molecule has 0 saturated heterocycles. The Hall–Kier alpha value is -2.27. The zero-order chi connectivity index (χ0) is 14.0. The van der Waals surface area contributed by atoms with Gasteiger partial charge in [0, 0.05) is 10.7 Å². The maximum Gasteiger partial charge on any atom is 0.335 e. The quantitative estimate of drug-likeness (QED) is 0.752. The van der Waals surface area contributed by atoms with Gasteiger partial charge in [0.1, 0.15) is 5.82 Å². The Morgan fingerprint density at radius 2 is 2.00 bits per heavy atom. The van der Waals surface area contributed by atoms with E-state index in [1.807, 2.05) is 0 Å². The summed E-state index contributed by atoms with van der Waals surface area (Å²) in [6.45, 7) is 0. The first-order valence-corrected chi connectivity index (χ1v) is 5.69.